The molecule has 0 unspecified atom stereocenters. The number of thioether (sulfide) groups is 1. The first-order valence-electron chi connectivity index (χ1n) is 4.16. The predicted molar refractivity (Wildman–Crippen MR) is 48.9 cm³/mol. The van der Waals surface area contributed by atoms with Gasteiger partial charge >= 0.3 is 5.97 Å². The minimum absolute atomic E-state index is 0.170. The van der Waals surface area contributed by atoms with E-state index in [2.05, 4.69) is 4.98 Å². The van der Waals surface area contributed by atoms with Gasteiger partial charge in [-0.05, 0) is 0 Å². The van der Waals surface area contributed by atoms with Gasteiger partial charge in [-0.2, -0.15) is 0 Å². The number of nitrogens with zero attached hydrogens (tertiary/aromatic N) is 2. The summed E-state index contributed by atoms with van der Waals surface area (Å²) in [5.41, 5.74) is 1.12. The van der Waals surface area contributed by atoms with E-state index in [0.29, 0.717) is 6.54 Å². The molecule has 0 aromatic carbocycles. The van der Waals surface area contributed by atoms with Crippen LogP contribution in [0, 0.1) is 0 Å². The summed E-state index contributed by atoms with van der Waals surface area (Å²) in [6, 6.07) is 0. The van der Waals surface area contributed by atoms with Gasteiger partial charge in [0, 0.05) is 18.7 Å². The van der Waals surface area contributed by atoms with Crippen LogP contribution < -0.4 is 0 Å². The molecule has 0 radical (unpaired) electrons. The highest BCUT2D eigenvalue weighted by Crippen LogP contribution is 2.30. The average molecular weight is 198 g/mol. The molecule has 0 aliphatic carbocycles. The highest BCUT2D eigenvalue weighted by Gasteiger charge is 2.17. The van der Waals surface area contributed by atoms with E-state index < -0.39 is 5.97 Å². The zero-order chi connectivity index (χ0) is 9.26. The van der Waals surface area contributed by atoms with E-state index in [4.69, 9.17) is 5.11 Å². The topological polar surface area (TPSA) is 55.1 Å². The van der Waals surface area contributed by atoms with Crippen LogP contribution in [0.5, 0.6) is 0 Å². The summed E-state index contributed by atoms with van der Waals surface area (Å²) in [6.45, 7) is 0.532. The van der Waals surface area contributed by atoms with Crippen molar-refractivity contribution in [2.75, 3.05) is 5.75 Å². The molecule has 1 aromatic heterocycles. The summed E-state index contributed by atoms with van der Waals surface area (Å²) in [4.78, 5) is 14.6. The number of hydrogen-bond donors (Lipinski definition) is 1. The van der Waals surface area contributed by atoms with Crippen LogP contribution in [0.1, 0.15) is 12.1 Å². The van der Waals surface area contributed by atoms with E-state index in [9.17, 15) is 4.79 Å². The Bertz CT molecular complexity index is 335. The fourth-order valence-electron chi connectivity index (χ4n) is 1.37. The molecule has 0 spiro atoms. The maximum atomic E-state index is 10.4. The van der Waals surface area contributed by atoms with Crippen LogP contribution in [0.2, 0.25) is 0 Å². The van der Waals surface area contributed by atoms with Crippen molar-refractivity contribution in [3.05, 3.63) is 12.0 Å². The molecule has 0 atom stereocenters. The van der Waals surface area contributed by atoms with Gasteiger partial charge in [-0.15, -0.1) is 11.8 Å². The van der Waals surface area contributed by atoms with E-state index in [1.165, 1.54) is 0 Å². The fourth-order valence-corrected chi connectivity index (χ4v) is 2.48. The van der Waals surface area contributed by atoms with Gasteiger partial charge in [0.1, 0.15) is 0 Å². The number of carbonyl (C=O) groups is 1. The van der Waals surface area contributed by atoms with Gasteiger partial charge in [0.2, 0.25) is 0 Å². The molecule has 1 aromatic rings. The summed E-state index contributed by atoms with van der Waals surface area (Å²) < 4.78 is 1.93. The van der Waals surface area contributed by atoms with Crippen LogP contribution in [0.15, 0.2) is 11.4 Å². The summed E-state index contributed by atoms with van der Waals surface area (Å²) >= 11 is 1.76. The van der Waals surface area contributed by atoms with Gasteiger partial charge in [0.15, 0.2) is 0 Å². The van der Waals surface area contributed by atoms with Crippen molar-refractivity contribution in [3.8, 4) is 0 Å². The smallest absolute Gasteiger partial charge is 0.305 e. The number of imidazole rings is 1. The molecule has 1 aliphatic heterocycles. The first kappa shape index (κ1) is 8.62. The van der Waals surface area contributed by atoms with Crippen LogP contribution in [0.4, 0.5) is 0 Å². The number of fused-ring (bicyclic) bond motifs is 1. The number of carboxylic acids is 1. The highest BCUT2D eigenvalue weighted by atomic mass is 32.2. The van der Waals surface area contributed by atoms with Gasteiger partial charge in [-0.1, -0.05) is 0 Å². The largest absolute Gasteiger partial charge is 0.481 e. The van der Waals surface area contributed by atoms with Crippen molar-refractivity contribution >= 4 is 17.7 Å². The van der Waals surface area contributed by atoms with Crippen LogP contribution in [-0.2, 0) is 17.8 Å². The molecule has 0 bridgehead atoms. The standard InChI is InChI=1S/C8H10N2O2S/c11-7(12)1-3-10-5-9-6-2-4-13-8(6)10/h5H,1-4H2,(H,11,12). The van der Waals surface area contributed by atoms with E-state index in [-0.39, 0.29) is 6.42 Å². The van der Waals surface area contributed by atoms with Crippen molar-refractivity contribution in [1.82, 2.24) is 9.55 Å². The SMILES string of the molecule is O=C(O)CCn1cnc2c1SCC2. The molecule has 1 N–H and O–H groups in total. The third kappa shape index (κ3) is 1.70. The molecule has 0 saturated heterocycles. The van der Waals surface area contributed by atoms with E-state index in [1.807, 2.05) is 4.57 Å². The Balaban J connectivity index is 2.08. The maximum Gasteiger partial charge on any atom is 0.305 e. The molecule has 1 aliphatic rings. The van der Waals surface area contributed by atoms with Gasteiger partial charge in [-0.25, -0.2) is 4.98 Å². The number of carboxylic acid groups (broad SMARTS) is 1. The Morgan fingerprint density at radius 3 is 3.38 bits per heavy atom. The number of aryl methyl sites for hydroxylation is 2. The third-order valence-electron chi connectivity index (χ3n) is 2.00. The van der Waals surface area contributed by atoms with Crippen LogP contribution in [0.3, 0.4) is 0 Å². The molecule has 5 heteroatoms. The number of aromatic nitrogens is 2. The van der Waals surface area contributed by atoms with Crippen LogP contribution >= 0.6 is 11.8 Å². The molecule has 0 saturated carbocycles. The summed E-state index contributed by atoms with van der Waals surface area (Å²) in [5.74, 6) is 0.316. The predicted octanol–water partition coefficient (Wildman–Crippen LogP) is 1.01. The van der Waals surface area contributed by atoms with Crippen molar-refractivity contribution < 1.29 is 9.90 Å². The maximum absolute atomic E-state index is 10.4. The second-order valence-electron chi connectivity index (χ2n) is 2.93. The van der Waals surface area contributed by atoms with Gasteiger partial charge in [0.05, 0.1) is 23.5 Å². The Hall–Kier alpha value is -0.970. The molecular formula is C8H10N2O2S. The van der Waals surface area contributed by atoms with Crippen molar-refractivity contribution in [2.24, 2.45) is 0 Å². The number of aliphatic carboxylic acids is 1. The zero-order valence-electron chi connectivity index (χ0n) is 7.06. The lowest BCUT2D eigenvalue weighted by Crippen LogP contribution is -2.04. The number of hydrogen-bond acceptors (Lipinski definition) is 3. The lowest BCUT2D eigenvalue weighted by atomic mass is 10.4. The number of rotatable bonds is 3. The van der Waals surface area contributed by atoms with E-state index in [0.717, 1.165) is 22.9 Å². The van der Waals surface area contributed by atoms with Gasteiger partial charge < -0.3 is 9.67 Å². The highest BCUT2D eigenvalue weighted by molar-refractivity contribution is 7.99. The normalized spacial score (nSPS) is 14.5. The molecule has 70 valence electrons. The zero-order valence-corrected chi connectivity index (χ0v) is 7.88. The van der Waals surface area contributed by atoms with Crippen molar-refractivity contribution in [3.63, 3.8) is 0 Å². The molecule has 2 rings (SSSR count). The molecule has 2 heterocycles. The molecular weight excluding hydrogens is 188 g/mol. The fraction of sp³-hybridized carbons (Fsp3) is 0.500. The first-order valence-corrected chi connectivity index (χ1v) is 5.14. The van der Waals surface area contributed by atoms with Crippen molar-refractivity contribution in [1.29, 1.82) is 0 Å². The lowest BCUT2D eigenvalue weighted by molar-refractivity contribution is -0.137. The Morgan fingerprint density at radius 2 is 2.62 bits per heavy atom. The van der Waals surface area contributed by atoms with Gasteiger partial charge in [-0.3, -0.25) is 4.79 Å². The second kappa shape index (κ2) is 3.41. The minimum atomic E-state index is -0.759. The Labute approximate surface area is 80.0 Å². The van der Waals surface area contributed by atoms with E-state index >= 15 is 0 Å². The molecule has 13 heavy (non-hydrogen) atoms. The second-order valence-corrected chi connectivity index (χ2v) is 4.02. The van der Waals surface area contributed by atoms with Crippen LogP contribution in [0.25, 0.3) is 0 Å². The monoisotopic (exact) mass is 198 g/mol. The molecule has 0 fully saturated rings. The molecule has 4 nitrogen and oxygen atoms in total. The van der Waals surface area contributed by atoms with Gasteiger partial charge in [0.25, 0.3) is 0 Å². The average Bonchev–Trinajstić information content (AvgIpc) is 2.60. The lowest BCUT2D eigenvalue weighted by Gasteiger charge is -2.02. The van der Waals surface area contributed by atoms with Crippen LogP contribution in [-0.4, -0.2) is 26.4 Å². The quantitative estimate of drug-likeness (QED) is 0.787. The first-order chi connectivity index (χ1) is 6.27. The van der Waals surface area contributed by atoms with E-state index in [1.54, 1.807) is 18.1 Å². The molecule has 0 amide bonds. The summed E-state index contributed by atoms with van der Waals surface area (Å²) in [7, 11) is 0. The summed E-state index contributed by atoms with van der Waals surface area (Å²) in [6.07, 6.45) is 2.92. The Morgan fingerprint density at radius 1 is 1.77 bits per heavy atom. The van der Waals surface area contributed by atoms with Crippen molar-refractivity contribution in [2.45, 2.75) is 24.4 Å². The third-order valence-corrected chi connectivity index (χ3v) is 3.16. The summed E-state index contributed by atoms with van der Waals surface area (Å²) in [5, 5.41) is 9.67. The minimum Gasteiger partial charge on any atom is -0.481 e. The Kier molecular flexibility index (Phi) is 2.26.